The predicted octanol–water partition coefficient (Wildman–Crippen LogP) is 3.55. The fraction of sp³-hybridized carbons (Fsp3) is 0.588. The van der Waals surface area contributed by atoms with Crippen LogP contribution in [0, 0.1) is 0 Å². The molecule has 122 valence electrons. The van der Waals surface area contributed by atoms with E-state index in [1.807, 2.05) is 30.3 Å². The maximum atomic E-state index is 13.2. The summed E-state index contributed by atoms with van der Waals surface area (Å²) < 4.78 is 24.3. The lowest BCUT2D eigenvalue weighted by atomic mass is 10.2. The molecule has 0 saturated carbocycles. The molecule has 1 saturated heterocycles. The van der Waals surface area contributed by atoms with Crippen LogP contribution in [-0.2, 0) is 16.1 Å². The summed E-state index contributed by atoms with van der Waals surface area (Å²) in [4.78, 5) is 13.6. The third-order valence-corrected chi connectivity index (χ3v) is 3.51. The van der Waals surface area contributed by atoms with Gasteiger partial charge in [0.1, 0.15) is 12.3 Å². The van der Waals surface area contributed by atoms with Crippen LogP contribution in [0.2, 0.25) is 0 Å². The van der Waals surface area contributed by atoms with Gasteiger partial charge >= 0.3 is 6.09 Å². The first-order valence-corrected chi connectivity index (χ1v) is 7.60. The highest BCUT2D eigenvalue weighted by atomic mass is 19.1. The van der Waals surface area contributed by atoms with Gasteiger partial charge in [-0.2, -0.15) is 0 Å². The average molecular weight is 309 g/mol. The van der Waals surface area contributed by atoms with Crippen molar-refractivity contribution in [1.82, 2.24) is 4.90 Å². The topological polar surface area (TPSA) is 38.8 Å². The summed E-state index contributed by atoms with van der Waals surface area (Å²) in [6.07, 6.45) is -0.128. The van der Waals surface area contributed by atoms with E-state index in [0.29, 0.717) is 19.6 Å². The lowest BCUT2D eigenvalue weighted by molar-refractivity contribution is 0.0139. The Morgan fingerprint density at radius 1 is 1.32 bits per heavy atom. The van der Waals surface area contributed by atoms with Crippen LogP contribution in [-0.4, -0.2) is 42.0 Å². The highest BCUT2D eigenvalue weighted by Crippen LogP contribution is 2.24. The number of alkyl halides is 1. The van der Waals surface area contributed by atoms with E-state index in [-0.39, 0.29) is 6.10 Å². The normalized spacial score (nSPS) is 21.9. The number of nitrogens with zero attached hydrogens (tertiary/aromatic N) is 1. The van der Waals surface area contributed by atoms with Gasteiger partial charge in [0.2, 0.25) is 0 Å². The summed E-state index contributed by atoms with van der Waals surface area (Å²) in [7, 11) is 0. The van der Waals surface area contributed by atoms with Gasteiger partial charge in [-0.25, -0.2) is 9.18 Å². The molecule has 2 atom stereocenters. The molecule has 22 heavy (non-hydrogen) atoms. The first-order chi connectivity index (χ1) is 10.4. The monoisotopic (exact) mass is 309 g/mol. The highest BCUT2D eigenvalue weighted by Gasteiger charge is 2.38. The second-order valence-electron chi connectivity index (χ2n) is 6.60. The summed E-state index contributed by atoms with van der Waals surface area (Å²) in [5.74, 6) is 0. The molecule has 1 aliphatic rings. The van der Waals surface area contributed by atoms with Gasteiger partial charge in [0, 0.05) is 0 Å². The van der Waals surface area contributed by atoms with E-state index < -0.39 is 24.4 Å². The standard InChI is InChI=1S/C17H24FNO3/c1-17(2,3)22-16(20)19-11-15(9-14(19)10-18)21-12-13-7-5-4-6-8-13/h4-8,14-15H,9-12H2,1-3H3/t14-,15+/m0/s1. The Balaban J connectivity index is 1.90. The molecule has 1 aromatic rings. The Morgan fingerprint density at radius 2 is 2.00 bits per heavy atom. The van der Waals surface area contributed by atoms with Crippen LogP contribution in [0.5, 0.6) is 0 Å². The summed E-state index contributed by atoms with van der Waals surface area (Å²) in [5, 5.41) is 0. The van der Waals surface area contributed by atoms with Gasteiger partial charge in [-0.3, -0.25) is 4.90 Å². The van der Waals surface area contributed by atoms with E-state index in [0.717, 1.165) is 5.56 Å². The third kappa shape index (κ3) is 4.70. The first-order valence-electron chi connectivity index (χ1n) is 7.60. The van der Waals surface area contributed by atoms with Crippen molar-refractivity contribution in [2.24, 2.45) is 0 Å². The minimum absolute atomic E-state index is 0.159. The van der Waals surface area contributed by atoms with Crippen LogP contribution in [0.15, 0.2) is 30.3 Å². The number of carbonyl (C=O) groups is 1. The van der Waals surface area contributed by atoms with Crippen LogP contribution in [0.4, 0.5) is 9.18 Å². The Bertz CT molecular complexity index is 486. The molecular formula is C17H24FNO3. The fourth-order valence-corrected chi connectivity index (χ4v) is 2.47. The summed E-state index contributed by atoms with van der Waals surface area (Å²) in [6.45, 7) is 5.66. The molecule has 0 unspecified atom stereocenters. The SMILES string of the molecule is CC(C)(C)OC(=O)N1C[C@H](OCc2ccccc2)C[C@H]1CF. The van der Waals surface area contributed by atoms with E-state index in [2.05, 4.69) is 0 Å². The van der Waals surface area contributed by atoms with Gasteiger partial charge in [-0.05, 0) is 32.8 Å². The van der Waals surface area contributed by atoms with Crippen molar-refractivity contribution in [3.8, 4) is 0 Å². The quantitative estimate of drug-likeness (QED) is 0.854. The second kappa shape index (κ2) is 7.09. The smallest absolute Gasteiger partial charge is 0.410 e. The molecular weight excluding hydrogens is 285 g/mol. The molecule has 0 aromatic heterocycles. The molecule has 0 aliphatic carbocycles. The molecule has 2 rings (SSSR count). The Labute approximate surface area is 131 Å². The van der Waals surface area contributed by atoms with Crippen LogP contribution in [0.3, 0.4) is 0 Å². The number of rotatable bonds is 4. The minimum Gasteiger partial charge on any atom is -0.444 e. The average Bonchev–Trinajstić information content (AvgIpc) is 2.88. The molecule has 4 nitrogen and oxygen atoms in total. The Morgan fingerprint density at radius 3 is 2.59 bits per heavy atom. The number of halogens is 1. The zero-order valence-corrected chi connectivity index (χ0v) is 13.4. The molecule has 0 bridgehead atoms. The van der Waals surface area contributed by atoms with Gasteiger partial charge in [0.25, 0.3) is 0 Å². The zero-order chi connectivity index (χ0) is 16.2. The number of ether oxygens (including phenoxy) is 2. The van der Waals surface area contributed by atoms with Crippen molar-refractivity contribution in [2.45, 2.75) is 51.5 Å². The fourth-order valence-electron chi connectivity index (χ4n) is 2.47. The van der Waals surface area contributed by atoms with Crippen LogP contribution >= 0.6 is 0 Å². The maximum absolute atomic E-state index is 13.2. The van der Waals surface area contributed by atoms with E-state index >= 15 is 0 Å². The van der Waals surface area contributed by atoms with E-state index in [1.165, 1.54) is 4.90 Å². The largest absolute Gasteiger partial charge is 0.444 e. The van der Waals surface area contributed by atoms with Gasteiger partial charge in [-0.15, -0.1) is 0 Å². The van der Waals surface area contributed by atoms with Crippen molar-refractivity contribution in [3.05, 3.63) is 35.9 Å². The number of carbonyl (C=O) groups excluding carboxylic acids is 1. The summed E-state index contributed by atoms with van der Waals surface area (Å²) >= 11 is 0. The van der Waals surface area contributed by atoms with E-state index in [4.69, 9.17) is 9.47 Å². The number of likely N-dealkylation sites (tertiary alicyclic amines) is 1. The van der Waals surface area contributed by atoms with Crippen LogP contribution < -0.4 is 0 Å². The van der Waals surface area contributed by atoms with Crippen LogP contribution in [0.1, 0.15) is 32.8 Å². The second-order valence-corrected chi connectivity index (χ2v) is 6.60. The summed E-state index contributed by atoms with van der Waals surface area (Å²) in [6, 6.07) is 9.34. The van der Waals surface area contributed by atoms with Crippen molar-refractivity contribution >= 4 is 6.09 Å². The molecule has 1 heterocycles. The minimum atomic E-state index is -0.582. The van der Waals surface area contributed by atoms with E-state index in [9.17, 15) is 9.18 Å². The van der Waals surface area contributed by atoms with Gasteiger partial charge in [0.05, 0.1) is 25.3 Å². The number of amides is 1. The Kier molecular flexibility index (Phi) is 5.40. The lowest BCUT2D eigenvalue weighted by Gasteiger charge is -2.27. The Hall–Kier alpha value is -1.62. The number of hydrogen-bond donors (Lipinski definition) is 0. The molecule has 1 amide bonds. The maximum Gasteiger partial charge on any atom is 0.410 e. The zero-order valence-electron chi connectivity index (χ0n) is 13.4. The molecule has 5 heteroatoms. The molecule has 1 aliphatic heterocycles. The van der Waals surface area contributed by atoms with Gasteiger partial charge in [0.15, 0.2) is 0 Å². The number of hydrogen-bond acceptors (Lipinski definition) is 3. The van der Waals surface area contributed by atoms with Gasteiger partial charge < -0.3 is 9.47 Å². The molecule has 0 N–H and O–H groups in total. The highest BCUT2D eigenvalue weighted by molar-refractivity contribution is 5.69. The van der Waals surface area contributed by atoms with Gasteiger partial charge in [-0.1, -0.05) is 30.3 Å². The number of benzene rings is 1. The molecule has 0 spiro atoms. The van der Waals surface area contributed by atoms with Crippen molar-refractivity contribution in [1.29, 1.82) is 0 Å². The van der Waals surface area contributed by atoms with Crippen LogP contribution in [0.25, 0.3) is 0 Å². The first kappa shape index (κ1) is 16.7. The molecule has 0 radical (unpaired) electrons. The van der Waals surface area contributed by atoms with Crippen molar-refractivity contribution in [3.63, 3.8) is 0 Å². The van der Waals surface area contributed by atoms with E-state index in [1.54, 1.807) is 20.8 Å². The lowest BCUT2D eigenvalue weighted by Crippen LogP contribution is -2.41. The van der Waals surface area contributed by atoms with Crippen molar-refractivity contribution < 1.29 is 18.7 Å². The molecule has 1 aromatic carbocycles. The predicted molar refractivity (Wildman–Crippen MR) is 82.3 cm³/mol. The summed E-state index contributed by atoms with van der Waals surface area (Å²) in [5.41, 5.74) is 0.482. The third-order valence-electron chi connectivity index (χ3n) is 3.51. The molecule has 1 fully saturated rings. The van der Waals surface area contributed by atoms with Crippen molar-refractivity contribution in [2.75, 3.05) is 13.2 Å².